The van der Waals surface area contributed by atoms with Gasteiger partial charge in [0.15, 0.2) is 36.7 Å². The maximum atomic E-state index is 11.6. The summed E-state index contributed by atoms with van der Waals surface area (Å²) in [6.45, 7) is 37.4. The molecule has 0 saturated heterocycles. The van der Waals surface area contributed by atoms with Gasteiger partial charge in [-0.3, -0.25) is 28.8 Å². The van der Waals surface area contributed by atoms with Gasteiger partial charge in [0, 0.05) is 133 Å². The molecule has 0 spiro atoms. The summed E-state index contributed by atoms with van der Waals surface area (Å²) in [5.74, 6) is 0.0265. The molecule has 0 fully saturated rings. The van der Waals surface area contributed by atoms with Gasteiger partial charge in [-0.15, -0.1) is 0 Å². The molecule has 0 aromatic carbocycles. The summed E-state index contributed by atoms with van der Waals surface area (Å²) in [4.78, 5) is 70.7. The third-order valence-electron chi connectivity index (χ3n) is 16.8. The Balaban J connectivity index is 0.00000119. The Morgan fingerprint density at radius 3 is 1.05 bits per heavy atom. The number of Topliss-reactive ketones (excluding diaryl/α,β-unsaturated/α-hetero) is 2. The number of aldehydes is 4. The van der Waals surface area contributed by atoms with E-state index in [2.05, 4.69) is 56.0 Å². The van der Waals surface area contributed by atoms with E-state index in [1.54, 1.807) is 83.1 Å². The van der Waals surface area contributed by atoms with Crippen LogP contribution in [0.15, 0.2) is 33.7 Å². The summed E-state index contributed by atoms with van der Waals surface area (Å²) in [6.07, 6.45) is 16.0. The average Bonchev–Trinajstić information content (AvgIpc) is 1.64. The number of H-pyrrole nitrogens is 2. The molecule has 0 bridgehead atoms. The van der Waals surface area contributed by atoms with Crippen LogP contribution >= 0.6 is 28.7 Å². The Morgan fingerprint density at radius 1 is 0.453 bits per heavy atom. The van der Waals surface area contributed by atoms with Crippen LogP contribution in [0.5, 0.6) is 0 Å². The number of thiol groups is 1. The number of aromatic nitrogens is 8. The predicted octanol–water partition coefficient (Wildman–Crippen LogP) is 9.48. The minimum absolute atomic E-state index is 0.109. The number of carbonyl (C=O) groups excluding carboxylic acids is 6. The molecule has 0 unspecified atom stereocenters. The summed E-state index contributed by atoms with van der Waals surface area (Å²) in [5.41, 5.74) is 19.6. The molecule has 106 heavy (non-hydrogen) atoms. The van der Waals surface area contributed by atoms with Gasteiger partial charge in [-0.1, -0.05) is 0 Å². The van der Waals surface area contributed by atoms with E-state index in [1.165, 1.54) is 43.7 Å². The zero-order valence-electron chi connectivity index (χ0n) is 65.3. The van der Waals surface area contributed by atoms with Crippen molar-refractivity contribution in [3.63, 3.8) is 0 Å². The van der Waals surface area contributed by atoms with Crippen LogP contribution in [0.25, 0.3) is 0 Å². The Morgan fingerprint density at radius 2 is 0.821 bits per heavy atom. The molecule has 0 atom stereocenters. The molecular formula is C68H101BBrN10O19S7. The van der Waals surface area contributed by atoms with Gasteiger partial charge in [-0.05, 0) is 218 Å². The molecule has 8 aromatic heterocycles. The summed E-state index contributed by atoms with van der Waals surface area (Å²) in [7, 11) is -13.5. The molecule has 0 aliphatic carbocycles. The fourth-order valence-corrected chi connectivity index (χ4v) is 19.1. The minimum atomic E-state index is -3.37. The molecule has 4 N–H and O–H groups in total. The first kappa shape index (κ1) is 98.6. The van der Waals surface area contributed by atoms with E-state index in [-0.39, 0.29) is 18.2 Å². The standard InChI is InChI=1S/C10H18N2O2S.2C9H13NO3S.C8H10BrNO3S.C8H13NO3S.C8H11NO3S.2C8H11NO.BHNS/c1-7-8(2)12(15(5,13)14)9(3)10(7)6-11-4;1-6-7(2)10(14(4,12)13)8(3)9(6)5-11;1-6-5-10(14(4,12)13)7(2)9(6)8(3)11;1-5-7(4-11)6(2)10(8(5)9)14(3,12)13;2*1-6-4-9(13(3,11)12)7(2)8(6)5-10;1-5-6(2)9-7(3)8(5)4-10;1-5-4-9-6(2)8(5)7(3)10;1-2-3/h11H,6H2,1-5H3;2*5H,1-4H3;4H,1-3H3;4,10H,5H2,1-3H3;4-5H,1-3H3;2*4,9H,1-3H3;3H. The second-order valence-electron chi connectivity index (χ2n) is 24.9. The summed E-state index contributed by atoms with van der Waals surface area (Å²) in [6, 6.07) is 0. The Hall–Kier alpha value is -7.43. The predicted molar refractivity (Wildman–Crippen MR) is 425 cm³/mol. The van der Waals surface area contributed by atoms with Gasteiger partial charge in [-0.2, -0.15) is 0 Å². The number of aryl methyl sites for hydroxylation is 7. The van der Waals surface area contributed by atoms with Crippen molar-refractivity contribution in [2.45, 2.75) is 159 Å². The van der Waals surface area contributed by atoms with E-state index in [1.807, 2.05) is 68.6 Å². The van der Waals surface area contributed by atoms with Gasteiger partial charge < -0.3 is 20.4 Å². The van der Waals surface area contributed by atoms with E-state index < -0.39 is 60.1 Å². The Kier molecular flexibility index (Phi) is 37.3. The van der Waals surface area contributed by atoms with E-state index in [4.69, 9.17) is 5.11 Å². The monoisotopic (exact) mass is 1680 g/mol. The number of carbonyl (C=O) groups is 6. The van der Waals surface area contributed by atoms with Crippen LogP contribution in [0, 0.1) is 132 Å². The van der Waals surface area contributed by atoms with Crippen molar-refractivity contribution in [3.8, 4) is 0 Å². The summed E-state index contributed by atoms with van der Waals surface area (Å²) < 4.78 is 146. The fraction of sp³-hybridized carbons (Fsp3) is 0.441. The van der Waals surface area contributed by atoms with Crippen LogP contribution in [0.3, 0.4) is 0 Å². The van der Waals surface area contributed by atoms with Crippen molar-refractivity contribution in [1.82, 2.24) is 39.1 Å². The van der Waals surface area contributed by atoms with Crippen molar-refractivity contribution in [3.05, 3.63) is 181 Å². The second kappa shape index (κ2) is 40.1. The molecule has 38 heteroatoms. The van der Waals surface area contributed by atoms with E-state index in [0.717, 1.165) is 122 Å². The molecule has 0 saturated carbocycles. The molecule has 8 aromatic rings. The van der Waals surface area contributed by atoms with Crippen molar-refractivity contribution in [2.75, 3.05) is 44.6 Å². The number of nitrogens with one attached hydrogen (secondary N) is 3. The molecule has 8 heterocycles. The Labute approximate surface area is 640 Å². The number of hydrogen-bond donors (Lipinski definition) is 5. The van der Waals surface area contributed by atoms with Gasteiger partial charge in [0.05, 0.1) is 44.1 Å². The molecule has 8 rings (SSSR count). The summed E-state index contributed by atoms with van der Waals surface area (Å²) in [5, 5.41) is 12.0. The first-order chi connectivity index (χ1) is 48.1. The normalized spacial score (nSPS) is 11.2. The van der Waals surface area contributed by atoms with Crippen molar-refractivity contribution in [1.29, 1.82) is 0 Å². The van der Waals surface area contributed by atoms with Crippen molar-refractivity contribution in [2.24, 2.45) is 4.30 Å². The van der Waals surface area contributed by atoms with Crippen LogP contribution in [0.4, 0.5) is 0 Å². The van der Waals surface area contributed by atoms with Crippen LogP contribution in [-0.4, -0.2) is 178 Å². The van der Waals surface area contributed by atoms with Gasteiger partial charge >= 0.3 is 24.8 Å². The van der Waals surface area contributed by atoms with Gasteiger partial charge in [0.1, 0.15) is 4.60 Å². The number of aromatic amines is 2. The van der Waals surface area contributed by atoms with E-state index in [0.29, 0.717) is 109 Å². The molecule has 1 radical (unpaired) electrons. The van der Waals surface area contributed by atoms with E-state index >= 15 is 0 Å². The van der Waals surface area contributed by atoms with Crippen LogP contribution < -0.4 is 5.32 Å². The zero-order valence-corrected chi connectivity index (χ0v) is 72.7. The van der Waals surface area contributed by atoms with Crippen LogP contribution in [-0.2, 0) is 73.3 Å². The first-order valence-corrected chi connectivity index (χ1v) is 43.8. The third kappa shape index (κ3) is 25.3. The number of aliphatic hydroxyl groups excluding tert-OH is 1. The molecule has 589 valence electrons. The van der Waals surface area contributed by atoms with E-state index in [9.17, 15) is 79.3 Å². The number of halogens is 1. The fourth-order valence-electron chi connectivity index (χ4n) is 11.5. The molecular weight excluding hydrogens is 1580 g/mol. The Bertz CT molecular complexity index is 5200. The SMILES string of the molecule is CC(=O)c1c(C)c[nH]c1C.CC(=O)c1c(C)cn(S(C)(=O)=O)c1C.CNCc1c(C)c(C)n(S(C)(=O)=O)c1C.Cc1[nH]c(C)c(C=O)c1C.Cc1c(C=O)c(C)n(S(C)(=O)=O)c1Br.Cc1c(C=O)c(C)n(S(C)(=O)=O)c1C.Cc1cn(S(C)(=O)=O)c(C)c1C=O.Cc1cn(S(C)(=O)=O)c(C)c1CO.[B]=NS. The average molecular weight is 1680 g/mol. The number of ketones is 2. The number of nitrogens with zero attached hydrogens (tertiary/aromatic N) is 7. The number of rotatable bonds is 15. The first-order valence-electron chi connectivity index (χ1n) is 31.6. The summed E-state index contributed by atoms with van der Waals surface area (Å²) >= 11 is 6.34. The van der Waals surface area contributed by atoms with Crippen LogP contribution in [0.2, 0.25) is 0 Å². The second-order valence-corrected chi connectivity index (χ2v) is 36.9. The molecule has 29 nitrogen and oxygen atoms in total. The van der Waals surface area contributed by atoms with Crippen LogP contribution in [0.1, 0.15) is 194 Å². The van der Waals surface area contributed by atoms with Gasteiger partial charge in [0.2, 0.25) is 60.1 Å². The number of aliphatic hydroxyl groups is 1. The maximum absolute atomic E-state index is 11.6. The molecule has 0 aliphatic rings. The molecule has 0 aliphatic heterocycles. The number of hydrogen-bond acceptors (Lipinski definition) is 22. The van der Waals surface area contributed by atoms with Crippen molar-refractivity contribution < 1.29 is 84.4 Å². The zero-order chi connectivity index (χ0) is 83.7. The van der Waals surface area contributed by atoms with Gasteiger partial charge in [0.25, 0.3) is 0 Å². The van der Waals surface area contributed by atoms with Crippen molar-refractivity contribution >= 4 is 133 Å². The topological polar surface area (TPSA) is 413 Å². The quantitative estimate of drug-likeness (QED) is 0.0276. The third-order valence-corrected chi connectivity index (χ3v) is 24.8. The van der Waals surface area contributed by atoms with Gasteiger partial charge in [-0.25, -0.2) is 74.3 Å². The molecule has 0 amide bonds.